The molecule has 17 heavy (non-hydrogen) atoms. The lowest BCUT2D eigenvalue weighted by Crippen LogP contribution is -2.37. The van der Waals surface area contributed by atoms with E-state index in [1.54, 1.807) is 6.20 Å². The first kappa shape index (κ1) is 11.8. The van der Waals surface area contributed by atoms with Crippen molar-refractivity contribution in [3.63, 3.8) is 0 Å². The average Bonchev–Trinajstić information content (AvgIpc) is 2.40. The van der Waals surface area contributed by atoms with Crippen LogP contribution >= 0.6 is 0 Å². The van der Waals surface area contributed by atoms with Gasteiger partial charge in [-0.15, -0.1) is 0 Å². The third-order valence-electron chi connectivity index (χ3n) is 3.30. The van der Waals surface area contributed by atoms with Crippen molar-refractivity contribution in [3.8, 4) is 0 Å². The Morgan fingerprint density at radius 1 is 1.12 bits per heavy atom. The van der Waals surface area contributed by atoms with Crippen LogP contribution in [0, 0.1) is 6.92 Å². The van der Waals surface area contributed by atoms with Crippen molar-refractivity contribution in [2.75, 3.05) is 0 Å². The Morgan fingerprint density at radius 2 is 1.82 bits per heavy atom. The van der Waals surface area contributed by atoms with E-state index in [1.807, 2.05) is 18.3 Å². The Morgan fingerprint density at radius 3 is 2.35 bits per heavy atom. The molecule has 2 aromatic rings. The molecule has 0 saturated heterocycles. The summed E-state index contributed by atoms with van der Waals surface area (Å²) in [4.78, 5) is 4.16. The van der Waals surface area contributed by atoms with Crippen molar-refractivity contribution >= 4 is 0 Å². The average molecular weight is 226 g/mol. The molecule has 0 fully saturated rings. The highest BCUT2D eigenvalue weighted by Crippen LogP contribution is 2.29. The molecule has 0 spiro atoms. The fourth-order valence-electron chi connectivity index (χ4n) is 2.05. The summed E-state index contributed by atoms with van der Waals surface area (Å²) < 4.78 is 0. The molecule has 1 aromatic heterocycles. The van der Waals surface area contributed by atoms with Crippen LogP contribution in [0.15, 0.2) is 48.8 Å². The third kappa shape index (κ3) is 2.22. The molecular formula is C15H18N2. The van der Waals surface area contributed by atoms with E-state index in [9.17, 15) is 0 Å². The first-order valence-electron chi connectivity index (χ1n) is 5.93. The highest BCUT2D eigenvalue weighted by molar-refractivity contribution is 5.37. The molecule has 1 aromatic carbocycles. The van der Waals surface area contributed by atoms with E-state index in [2.05, 4.69) is 43.1 Å². The van der Waals surface area contributed by atoms with Gasteiger partial charge >= 0.3 is 0 Å². The monoisotopic (exact) mass is 226 g/mol. The van der Waals surface area contributed by atoms with Crippen molar-refractivity contribution in [2.24, 2.45) is 5.73 Å². The van der Waals surface area contributed by atoms with Crippen LogP contribution in [-0.4, -0.2) is 4.98 Å². The molecule has 0 bridgehead atoms. The van der Waals surface area contributed by atoms with Crippen molar-refractivity contribution in [3.05, 3.63) is 65.5 Å². The van der Waals surface area contributed by atoms with Gasteiger partial charge in [0.15, 0.2) is 0 Å². The molecule has 0 aliphatic carbocycles. The van der Waals surface area contributed by atoms with Gasteiger partial charge in [0.05, 0.1) is 5.54 Å². The SMILES string of the molecule is CCC(N)(c1ccc(C)cc1)c1cccnc1. The van der Waals surface area contributed by atoms with E-state index in [-0.39, 0.29) is 0 Å². The number of pyridine rings is 1. The van der Waals surface area contributed by atoms with Gasteiger partial charge in [0.25, 0.3) is 0 Å². The van der Waals surface area contributed by atoms with Gasteiger partial charge in [-0.3, -0.25) is 4.98 Å². The van der Waals surface area contributed by atoms with Crippen molar-refractivity contribution in [1.82, 2.24) is 4.98 Å². The quantitative estimate of drug-likeness (QED) is 0.873. The van der Waals surface area contributed by atoms with Gasteiger partial charge in [-0.2, -0.15) is 0 Å². The van der Waals surface area contributed by atoms with Gasteiger partial charge in [0.2, 0.25) is 0 Å². The van der Waals surface area contributed by atoms with Crippen molar-refractivity contribution in [2.45, 2.75) is 25.8 Å². The fourth-order valence-corrected chi connectivity index (χ4v) is 2.05. The molecule has 0 aliphatic heterocycles. The Hall–Kier alpha value is -1.67. The second-order valence-corrected chi connectivity index (χ2v) is 4.43. The van der Waals surface area contributed by atoms with E-state index in [4.69, 9.17) is 5.73 Å². The number of aryl methyl sites for hydroxylation is 1. The molecule has 88 valence electrons. The Labute approximate surface area is 103 Å². The third-order valence-corrected chi connectivity index (χ3v) is 3.30. The minimum absolute atomic E-state index is 0.442. The predicted molar refractivity (Wildman–Crippen MR) is 70.7 cm³/mol. The van der Waals surface area contributed by atoms with Crippen LogP contribution in [0.4, 0.5) is 0 Å². The van der Waals surface area contributed by atoms with Crippen molar-refractivity contribution < 1.29 is 0 Å². The number of rotatable bonds is 3. The number of hydrogen-bond donors (Lipinski definition) is 1. The normalized spacial score (nSPS) is 14.3. The lowest BCUT2D eigenvalue weighted by molar-refractivity contribution is 0.517. The number of aromatic nitrogens is 1. The maximum Gasteiger partial charge on any atom is 0.0678 e. The summed E-state index contributed by atoms with van der Waals surface area (Å²) in [6, 6.07) is 12.4. The highest BCUT2D eigenvalue weighted by Gasteiger charge is 2.27. The molecule has 1 unspecified atom stereocenters. The second-order valence-electron chi connectivity index (χ2n) is 4.43. The Kier molecular flexibility index (Phi) is 3.25. The van der Waals surface area contributed by atoms with Crippen LogP contribution in [0.3, 0.4) is 0 Å². The van der Waals surface area contributed by atoms with Gasteiger partial charge in [0, 0.05) is 12.4 Å². The Bertz CT molecular complexity index is 476. The summed E-state index contributed by atoms with van der Waals surface area (Å²) >= 11 is 0. The molecule has 0 radical (unpaired) electrons. The smallest absolute Gasteiger partial charge is 0.0678 e. The first-order chi connectivity index (χ1) is 8.16. The van der Waals surface area contributed by atoms with Gasteiger partial charge in [-0.1, -0.05) is 42.8 Å². The lowest BCUT2D eigenvalue weighted by atomic mass is 9.82. The lowest BCUT2D eigenvalue weighted by Gasteiger charge is -2.29. The van der Waals surface area contributed by atoms with Crippen molar-refractivity contribution in [1.29, 1.82) is 0 Å². The number of benzene rings is 1. The van der Waals surface area contributed by atoms with Gasteiger partial charge in [0.1, 0.15) is 0 Å². The standard InChI is InChI=1S/C15H18N2/c1-3-15(16,14-5-4-10-17-11-14)13-8-6-12(2)7-9-13/h4-11H,3,16H2,1-2H3. The topological polar surface area (TPSA) is 38.9 Å². The highest BCUT2D eigenvalue weighted by atomic mass is 14.8. The number of nitrogens with zero attached hydrogens (tertiary/aromatic N) is 1. The summed E-state index contributed by atoms with van der Waals surface area (Å²) in [6.07, 6.45) is 4.47. The Balaban J connectivity index is 2.48. The molecule has 2 rings (SSSR count). The second kappa shape index (κ2) is 4.68. The molecule has 0 amide bonds. The molecule has 2 nitrogen and oxygen atoms in total. The fraction of sp³-hybridized carbons (Fsp3) is 0.267. The van der Waals surface area contributed by atoms with E-state index < -0.39 is 5.54 Å². The molecular weight excluding hydrogens is 208 g/mol. The van der Waals surface area contributed by atoms with Gasteiger partial charge < -0.3 is 5.73 Å². The zero-order chi connectivity index (χ0) is 12.3. The van der Waals surface area contributed by atoms with E-state index >= 15 is 0 Å². The number of nitrogens with two attached hydrogens (primary N) is 1. The van der Waals surface area contributed by atoms with Crippen LogP contribution in [0.1, 0.15) is 30.0 Å². The largest absolute Gasteiger partial charge is 0.318 e. The van der Waals surface area contributed by atoms with Crippen LogP contribution < -0.4 is 5.73 Å². The molecule has 2 heteroatoms. The maximum atomic E-state index is 6.55. The molecule has 0 saturated carbocycles. The minimum atomic E-state index is -0.442. The molecule has 0 aliphatic rings. The van der Waals surface area contributed by atoms with E-state index in [0.29, 0.717) is 0 Å². The minimum Gasteiger partial charge on any atom is -0.318 e. The maximum absolute atomic E-state index is 6.55. The van der Waals surface area contributed by atoms with Crippen LogP contribution in [0.5, 0.6) is 0 Å². The van der Waals surface area contributed by atoms with Crippen LogP contribution in [0.25, 0.3) is 0 Å². The summed E-state index contributed by atoms with van der Waals surface area (Å²) in [7, 11) is 0. The van der Waals surface area contributed by atoms with E-state index in [1.165, 1.54) is 5.56 Å². The van der Waals surface area contributed by atoms with Crippen LogP contribution in [-0.2, 0) is 5.54 Å². The van der Waals surface area contributed by atoms with Gasteiger partial charge in [-0.25, -0.2) is 0 Å². The summed E-state index contributed by atoms with van der Waals surface area (Å²) in [5, 5.41) is 0. The molecule has 1 heterocycles. The molecule has 2 N–H and O–H groups in total. The first-order valence-corrected chi connectivity index (χ1v) is 5.93. The van der Waals surface area contributed by atoms with Crippen LogP contribution in [0.2, 0.25) is 0 Å². The summed E-state index contributed by atoms with van der Waals surface area (Å²) in [6.45, 7) is 4.19. The summed E-state index contributed by atoms with van der Waals surface area (Å²) in [5.74, 6) is 0. The predicted octanol–water partition coefficient (Wildman–Crippen LogP) is 3.00. The number of hydrogen-bond acceptors (Lipinski definition) is 2. The zero-order valence-electron chi connectivity index (χ0n) is 10.4. The summed E-state index contributed by atoms with van der Waals surface area (Å²) in [5.41, 5.74) is 9.56. The zero-order valence-corrected chi connectivity index (χ0v) is 10.4. The molecule has 1 atom stereocenters. The van der Waals surface area contributed by atoms with Gasteiger partial charge in [-0.05, 0) is 30.5 Å². The van der Waals surface area contributed by atoms with E-state index in [0.717, 1.165) is 17.5 Å².